The first-order chi connectivity index (χ1) is 9.51. The number of benzene rings is 1. The van der Waals surface area contributed by atoms with Crippen LogP contribution in [0.2, 0.25) is 0 Å². The van der Waals surface area contributed by atoms with E-state index in [1.807, 2.05) is 0 Å². The van der Waals surface area contributed by atoms with Crippen molar-refractivity contribution in [2.75, 3.05) is 6.61 Å². The van der Waals surface area contributed by atoms with Crippen LogP contribution in [-0.2, 0) is 6.42 Å². The van der Waals surface area contributed by atoms with Crippen molar-refractivity contribution >= 4 is 0 Å². The third-order valence-corrected chi connectivity index (χ3v) is 4.24. The minimum atomic E-state index is 0.255. The van der Waals surface area contributed by atoms with E-state index in [2.05, 4.69) is 39.8 Å². The highest BCUT2D eigenvalue weighted by Crippen LogP contribution is 2.33. The molecule has 1 aromatic carbocycles. The molecule has 2 nitrogen and oxygen atoms in total. The van der Waals surface area contributed by atoms with Crippen LogP contribution in [0.5, 0.6) is 5.75 Å². The molecule has 0 amide bonds. The molecule has 1 saturated carbocycles. The number of nitrogens with two attached hydrogens (primary N) is 1. The highest BCUT2D eigenvalue weighted by atomic mass is 16.5. The van der Waals surface area contributed by atoms with E-state index in [1.54, 1.807) is 0 Å². The van der Waals surface area contributed by atoms with Crippen molar-refractivity contribution in [1.82, 2.24) is 0 Å². The van der Waals surface area contributed by atoms with Gasteiger partial charge in [0.05, 0.1) is 6.61 Å². The molecule has 2 heteroatoms. The van der Waals surface area contributed by atoms with Gasteiger partial charge in [-0.05, 0) is 67.2 Å². The Hall–Kier alpha value is -1.02. The fraction of sp³-hybridized carbons (Fsp3) is 0.667. The molecule has 2 N–H and O–H groups in total. The summed E-state index contributed by atoms with van der Waals surface area (Å²) in [5, 5.41) is 0. The largest absolute Gasteiger partial charge is 0.493 e. The second-order valence-electron chi connectivity index (χ2n) is 6.60. The fourth-order valence-corrected chi connectivity index (χ4v) is 2.55. The lowest BCUT2D eigenvalue weighted by Crippen LogP contribution is -2.22. The van der Waals surface area contributed by atoms with Gasteiger partial charge in [-0.25, -0.2) is 0 Å². The lowest BCUT2D eigenvalue weighted by atomic mass is 9.91. The topological polar surface area (TPSA) is 35.2 Å². The quantitative estimate of drug-likeness (QED) is 0.810. The Morgan fingerprint density at radius 2 is 2.00 bits per heavy atom. The van der Waals surface area contributed by atoms with E-state index in [4.69, 9.17) is 10.5 Å². The average Bonchev–Trinajstić information content (AvgIpc) is 3.21. The molecule has 0 radical (unpaired) electrons. The van der Waals surface area contributed by atoms with Gasteiger partial charge in [0.25, 0.3) is 0 Å². The molecule has 1 aromatic rings. The van der Waals surface area contributed by atoms with E-state index < -0.39 is 0 Å². The first kappa shape index (κ1) is 15.4. The maximum absolute atomic E-state index is 6.14. The van der Waals surface area contributed by atoms with Gasteiger partial charge in [-0.3, -0.25) is 0 Å². The Morgan fingerprint density at radius 3 is 2.55 bits per heavy atom. The zero-order valence-electron chi connectivity index (χ0n) is 13.4. The molecular weight excluding hydrogens is 246 g/mol. The third kappa shape index (κ3) is 3.99. The smallest absolute Gasteiger partial charge is 0.122 e. The van der Waals surface area contributed by atoms with Crippen LogP contribution in [0.15, 0.2) is 12.1 Å². The Kier molecular flexibility index (Phi) is 5.09. The van der Waals surface area contributed by atoms with Crippen LogP contribution in [0.3, 0.4) is 0 Å². The summed E-state index contributed by atoms with van der Waals surface area (Å²) in [7, 11) is 0. The molecule has 0 saturated heterocycles. The highest BCUT2D eigenvalue weighted by Gasteiger charge is 2.22. The molecular formula is C18H29NO. The second kappa shape index (κ2) is 6.62. The van der Waals surface area contributed by atoms with Gasteiger partial charge in [-0.1, -0.05) is 26.8 Å². The van der Waals surface area contributed by atoms with Crippen LogP contribution in [0.25, 0.3) is 0 Å². The van der Waals surface area contributed by atoms with E-state index >= 15 is 0 Å². The van der Waals surface area contributed by atoms with Gasteiger partial charge >= 0.3 is 0 Å². The zero-order valence-corrected chi connectivity index (χ0v) is 13.4. The van der Waals surface area contributed by atoms with E-state index in [9.17, 15) is 0 Å². The molecule has 20 heavy (non-hydrogen) atoms. The first-order valence-corrected chi connectivity index (χ1v) is 8.03. The van der Waals surface area contributed by atoms with E-state index in [1.165, 1.54) is 29.5 Å². The summed E-state index contributed by atoms with van der Waals surface area (Å²) < 4.78 is 6.01. The Bertz CT molecular complexity index is 449. The van der Waals surface area contributed by atoms with Gasteiger partial charge in [0.2, 0.25) is 0 Å². The van der Waals surface area contributed by atoms with Crippen LogP contribution in [0.4, 0.5) is 0 Å². The molecule has 0 spiro atoms. The zero-order chi connectivity index (χ0) is 14.7. The third-order valence-electron chi connectivity index (χ3n) is 4.24. The maximum atomic E-state index is 6.14. The van der Waals surface area contributed by atoms with Crippen LogP contribution in [0, 0.1) is 12.8 Å². The van der Waals surface area contributed by atoms with Crippen LogP contribution in [0.1, 0.15) is 62.6 Å². The normalized spacial score (nSPS) is 16.5. The van der Waals surface area contributed by atoms with E-state index in [-0.39, 0.29) is 6.04 Å². The summed E-state index contributed by atoms with van der Waals surface area (Å²) in [4.78, 5) is 0. The minimum absolute atomic E-state index is 0.255. The van der Waals surface area contributed by atoms with E-state index in [0.717, 1.165) is 31.1 Å². The molecule has 1 aliphatic rings. The molecule has 2 rings (SSSR count). The predicted octanol–water partition coefficient (Wildman–Crippen LogP) is 4.19. The number of aryl methyl sites for hydroxylation is 1. The molecule has 0 aromatic heterocycles. The number of hydrogen-bond acceptors (Lipinski definition) is 2. The summed E-state index contributed by atoms with van der Waals surface area (Å²) in [6.45, 7) is 9.67. The Labute approximate surface area is 123 Å². The SMILES string of the molecule is CCC(N)Cc1cc(C)c(OCC2CC2)cc1C(C)C. The fourth-order valence-electron chi connectivity index (χ4n) is 2.55. The summed E-state index contributed by atoms with van der Waals surface area (Å²) >= 11 is 0. The van der Waals surface area contributed by atoms with E-state index in [0.29, 0.717) is 5.92 Å². The van der Waals surface area contributed by atoms with Crippen molar-refractivity contribution in [2.24, 2.45) is 11.7 Å². The van der Waals surface area contributed by atoms with Crippen molar-refractivity contribution in [3.8, 4) is 5.75 Å². The van der Waals surface area contributed by atoms with Crippen molar-refractivity contribution in [1.29, 1.82) is 0 Å². The first-order valence-electron chi connectivity index (χ1n) is 8.03. The van der Waals surface area contributed by atoms with Crippen molar-refractivity contribution in [3.05, 3.63) is 28.8 Å². The molecule has 0 aliphatic heterocycles. The maximum Gasteiger partial charge on any atom is 0.122 e. The average molecular weight is 275 g/mol. The van der Waals surface area contributed by atoms with Crippen LogP contribution in [-0.4, -0.2) is 12.6 Å². The predicted molar refractivity (Wildman–Crippen MR) is 85.5 cm³/mol. The van der Waals surface area contributed by atoms with Gasteiger partial charge in [0.1, 0.15) is 5.75 Å². The van der Waals surface area contributed by atoms with Crippen molar-refractivity contribution in [2.45, 2.75) is 65.3 Å². The van der Waals surface area contributed by atoms with Gasteiger partial charge in [0, 0.05) is 6.04 Å². The van der Waals surface area contributed by atoms with Gasteiger partial charge < -0.3 is 10.5 Å². The lowest BCUT2D eigenvalue weighted by molar-refractivity contribution is 0.297. The minimum Gasteiger partial charge on any atom is -0.493 e. The molecule has 0 bridgehead atoms. The molecule has 1 aliphatic carbocycles. The summed E-state index contributed by atoms with van der Waals surface area (Å²) in [6.07, 6.45) is 4.66. The van der Waals surface area contributed by atoms with Crippen molar-refractivity contribution < 1.29 is 4.74 Å². The highest BCUT2D eigenvalue weighted by molar-refractivity contribution is 5.44. The Morgan fingerprint density at radius 1 is 1.30 bits per heavy atom. The van der Waals surface area contributed by atoms with Gasteiger partial charge in [0.15, 0.2) is 0 Å². The standard InChI is InChI=1S/C18H29NO/c1-5-16(19)9-15-8-13(4)18(10-17(15)12(2)3)20-11-14-6-7-14/h8,10,12,14,16H,5-7,9,11,19H2,1-4H3. The summed E-state index contributed by atoms with van der Waals surface area (Å²) in [5.41, 5.74) is 10.2. The molecule has 1 unspecified atom stereocenters. The van der Waals surface area contributed by atoms with Crippen LogP contribution < -0.4 is 10.5 Å². The second-order valence-corrected chi connectivity index (χ2v) is 6.60. The number of hydrogen-bond donors (Lipinski definition) is 1. The van der Waals surface area contributed by atoms with Crippen molar-refractivity contribution in [3.63, 3.8) is 0 Å². The summed E-state index contributed by atoms with van der Waals surface area (Å²) in [6, 6.07) is 4.79. The molecule has 0 heterocycles. The monoisotopic (exact) mass is 275 g/mol. The molecule has 112 valence electrons. The van der Waals surface area contributed by atoms with Gasteiger partial charge in [-0.15, -0.1) is 0 Å². The molecule has 1 atom stereocenters. The van der Waals surface area contributed by atoms with Crippen LogP contribution >= 0.6 is 0 Å². The number of ether oxygens (including phenoxy) is 1. The summed E-state index contributed by atoms with van der Waals surface area (Å²) in [5.74, 6) is 2.37. The lowest BCUT2D eigenvalue weighted by Gasteiger charge is -2.19. The number of rotatable bonds is 7. The Balaban J connectivity index is 2.20. The molecule has 1 fully saturated rings. The van der Waals surface area contributed by atoms with Gasteiger partial charge in [-0.2, -0.15) is 0 Å².